The van der Waals surface area contributed by atoms with Crippen LogP contribution in [0.3, 0.4) is 0 Å². The number of hydrogen-bond donors (Lipinski definition) is 0. The van der Waals surface area contributed by atoms with Gasteiger partial charge in [0.05, 0.1) is 6.10 Å². The van der Waals surface area contributed by atoms with E-state index in [1.165, 1.54) is 47.9 Å². The highest BCUT2D eigenvalue weighted by atomic mass is 16.5. The summed E-state index contributed by atoms with van der Waals surface area (Å²) in [6, 6.07) is 18.1. The van der Waals surface area contributed by atoms with Crippen LogP contribution in [0.15, 0.2) is 55.1 Å². The van der Waals surface area contributed by atoms with Crippen molar-refractivity contribution < 1.29 is 4.74 Å². The van der Waals surface area contributed by atoms with Gasteiger partial charge in [-0.3, -0.25) is 0 Å². The molecule has 0 saturated heterocycles. The molecule has 1 aliphatic rings. The average molecular weight is 335 g/mol. The molecule has 0 heterocycles. The van der Waals surface area contributed by atoms with E-state index in [0.29, 0.717) is 11.8 Å². The van der Waals surface area contributed by atoms with Crippen LogP contribution in [-0.2, 0) is 4.74 Å². The van der Waals surface area contributed by atoms with Crippen LogP contribution < -0.4 is 0 Å². The van der Waals surface area contributed by atoms with Crippen LogP contribution in [0, 0.1) is 0 Å². The second-order valence-corrected chi connectivity index (χ2v) is 7.22. The maximum atomic E-state index is 5.54. The molecule has 2 aromatic rings. The van der Waals surface area contributed by atoms with Gasteiger partial charge >= 0.3 is 0 Å². The Morgan fingerprint density at radius 1 is 0.920 bits per heavy atom. The highest BCUT2D eigenvalue weighted by Crippen LogP contribution is 2.40. The van der Waals surface area contributed by atoms with E-state index in [1.807, 2.05) is 6.08 Å². The predicted octanol–water partition coefficient (Wildman–Crippen LogP) is 6.87. The fourth-order valence-electron chi connectivity index (χ4n) is 4.19. The van der Waals surface area contributed by atoms with E-state index in [0.717, 1.165) is 6.42 Å². The molecule has 3 rings (SSSR count). The summed E-state index contributed by atoms with van der Waals surface area (Å²) in [5.41, 5.74) is 5.49. The van der Waals surface area contributed by atoms with Crippen LogP contribution in [0.25, 0.3) is 6.08 Å². The van der Waals surface area contributed by atoms with Gasteiger partial charge in [-0.05, 0) is 66.2 Å². The Morgan fingerprint density at radius 3 is 1.80 bits per heavy atom. The van der Waals surface area contributed by atoms with Crippen molar-refractivity contribution in [1.82, 2.24) is 0 Å². The normalized spacial score (nSPS) is 21.7. The van der Waals surface area contributed by atoms with Crippen LogP contribution in [0.1, 0.15) is 79.2 Å². The molecule has 1 heteroatoms. The van der Waals surface area contributed by atoms with E-state index in [4.69, 9.17) is 4.74 Å². The molecule has 0 amide bonds. The second kappa shape index (κ2) is 8.49. The number of rotatable bonds is 6. The molecule has 1 fully saturated rings. The van der Waals surface area contributed by atoms with Gasteiger partial charge in [0.15, 0.2) is 0 Å². The van der Waals surface area contributed by atoms with Crippen LogP contribution >= 0.6 is 0 Å². The lowest BCUT2D eigenvalue weighted by atomic mass is 9.76. The lowest BCUT2D eigenvalue weighted by Gasteiger charge is -2.29. The molecule has 1 unspecified atom stereocenters. The summed E-state index contributed by atoms with van der Waals surface area (Å²) >= 11 is 0. The summed E-state index contributed by atoms with van der Waals surface area (Å²) in [5, 5.41) is 0. The van der Waals surface area contributed by atoms with Gasteiger partial charge < -0.3 is 4.74 Å². The molecule has 1 atom stereocenters. The molecule has 0 bridgehead atoms. The standard InChI is InChI=1S/C24H30O/c1-4-18-6-8-19(9-7-18)20-10-12-21(13-11-20)22-14-16-23(17-15-22)24(5-2)25-3/h4,6-9,14-17,20-21,24H,1,5,10-13H2,2-3H3. The molecular weight excluding hydrogens is 304 g/mol. The molecule has 1 nitrogen and oxygen atoms in total. The zero-order valence-electron chi connectivity index (χ0n) is 15.6. The van der Waals surface area contributed by atoms with Crippen LogP contribution in [0.2, 0.25) is 0 Å². The summed E-state index contributed by atoms with van der Waals surface area (Å²) in [6.45, 7) is 6.01. The number of ether oxygens (including phenoxy) is 1. The van der Waals surface area contributed by atoms with Crippen molar-refractivity contribution in [3.63, 3.8) is 0 Å². The van der Waals surface area contributed by atoms with Crippen LogP contribution in [0.5, 0.6) is 0 Å². The van der Waals surface area contributed by atoms with Crippen LogP contribution in [0.4, 0.5) is 0 Å². The zero-order chi connectivity index (χ0) is 17.6. The van der Waals surface area contributed by atoms with Crippen molar-refractivity contribution >= 4 is 6.08 Å². The quantitative estimate of drug-likeness (QED) is 0.560. The highest BCUT2D eigenvalue weighted by molar-refractivity contribution is 5.47. The van der Waals surface area contributed by atoms with Crippen molar-refractivity contribution in [3.05, 3.63) is 77.4 Å². The molecule has 2 aromatic carbocycles. The third kappa shape index (κ3) is 4.22. The van der Waals surface area contributed by atoms with E-state index in [1.54, 1.807) is 7.11 Å². The highest BCUT2D eigenvalue weighted by Gasteiger charge is 2.23. The summed E-state index contributed by atoms with van der Waals surface area (Å²) in [5.74, 6) is 1.42. The summed E-state index contributed by atoms with van der Waals surface area (Å²) in [4.78, 5) is 0. The first-order valence-electron chi connectivity index (χ1n) is 9.60. The van der Waals surface area contributed by atoms with Crippen molar-refractivity contribution in [2.75, 3.05) is 7.11 Å². The Hall–Kier alpha value is -1.86. The predicted molar refractivity (Wildman–Crippen MR) is 107 cm³/mol. The summed E-state index contributed by atoms with van der Waals surface area (Å²) in [7, 11) is 1.80. The SMILES string of the molecule is C=Cc1ccc(C2CCC(c3ccc(C(CC)OC)cc3)CC2)cc1. The fourth-order valence-corrected chi connectivity index (χ4v) is 4.19. The molecule has 0 N–H and O–H groups in total. The third-order valence-corrected chi connectivity index (χ3v) is 5.81. The maximum absolute atomic E-state index is 5.54. The molecule has 1 saturated carbocycles. The minimum atomic E-state index is 0.225. The van der Waals surface area contributed by atoms with Gasteiger partial charge in [-0.15, -0.1) is 0 Å². The second-order valence-electron chi connectivity index (χ2n) is 7.22. The maximum Gasteiger partial charge on any atom is 0.0818 e. The molecule has 25 heavy (non-hydrogen) atoms. The Labute approximate surface area is 152 Å². The Morgan fingerprint density at radius 2 is 1.40 bits per heavy atom. The minimum Gasteiger partial charge on any atom is -0.377 e. The van der Waals surface area contributed by atoms with Gasteiger partial charge in [0.2, 0.25) is 0 Å². The fraction of sp³-hybridized carbons (Fsp3) is 0.417. The molecular formula is C24H30O. The first-order chi connectivity index (χ1) is 12.2. The third-order valence-electron chi connectivity index (χ3n) is 5.81. The number of hydrogen-bond acceptors (Lipinski definition) is 1. The Kier molecular flexibility index (Phi) is 6.09. The van der Waals surface area contributed by atoms with Gasteiger partial charge in [-0.25, -0.2) is 0 Å². The summed E-state index contributed by atoms with van der Waals surface area (Å²) < 4.78 is 5.54. The molecule has 1 aliphatic carbocycles. The van der Waals surface area contributed by atoms with Crippen LogP contribution in [-0.4, -0.2) is 7.11 Å². The first kappa shape index (κ1) is 17.9. The molecule has 0 spiro atoms. The zero-order valence-corrected chi connectivity index (χ0v) is 15.6. The van der Waals surface area contributed by atoms with E-state index in [-0.39, 0.29) is 6.10 Å². The lowest BCUT2D eigenvalue weighted by Crippen LogP contribution is -2.12. The van der Waals surface area contributed by atoms with E-state index >= 15 is 0 Å². The van der Waals surface area contributed by atoms with E-state index < -0.39 is 0 Å². The van der Waals surface area contributed by atoms with Crippen molar-refractivity contribution in [2.45, 2.75) is 57.0 Å². The lowest BCUT2D eigenvalue weighted by molar-refractivity contribution is 0.100. The van der Waals surface area contributed by atoms with Gasteiger partial charge in [-0.1, -0.05) is 68.1 Å². The van der Waals surface area contributed by atoms with Gasteiger partial charge in [0, 0.05) is 7.11 Å². The summed E-state index contributed by atoms with van der Waals surface area (Å²) in [6.07, 6.45) is 8.31. The Bertz CT molecular complexity index is 656. The van der Waals surface area contributed by atoms with Crippen molar-refractivity contribution in [1.29, 1.82) is 0 Å². The largest absolute Gasteiger partial charge is 0.377 e. The van der Waals surface area contributed by atoms with Gasteiger partial charge in [0.1, 0.15) is 0 Å². The average Bonchev–Trinajstić information content (AvgIpc) is 2.70. The van der Waals surface area contributed by atoms with Gasteiger partial charge in [0.25, 0.3) is 0 Å². The van der Waals surface area contributed by atoms with Crippen molar-refractivity contribution in [2.24, 2.45) is 0 Å². The van der Waals surface area contributed by atoms with Gasteiger partial charge in [-0.2, -0.15) is 0 Å². The van der Waals surface area contributed by atoms with E-state index in [2.05, 4.69) is 62.0 Å². The monoisotopic (exact) mass is 334 g/mol. The molecule has 0 radical (unpaired) electrons. The topological polar surface area (TPSA) is 9.23 Å². The number of methoxy groups -OCH3 is 1. The molecule has 0 aliphatic heterocycles. The molecule has 0 aromatic heterocycles. The first-order valence-corrected chi connectivity index (χ1v) is 9.60. The molecule has 132 valence electrons. The Balaban J connectivity index is 1.60. The van der Waals surface area contributed by atoms with Crippen molar-refractivity contribution in [3.8, 4) is 0 Å². The smallest absolute Gasteiger partial charge is 0.0818 e. The van der Waals surface area contributed by atoms with E-state index in [9.17, 15) is 0 Å². The number of benzene rings is 2. The minimum absolute atomic E-state index is 0.225.